The molecule has 0 aromatic rings. The van der Waals surface area contributed by atoms with Gasteiger partial charge in [-0.25, -0.2) is 4.79 Å². The summed E-state index contributed by atoms with van der Waals surface area (Å²) >= 11 is 0. The normalized spacial score (nSPS) is 15.7. The minimum atomic E-state index is -1.55. The van der Waals surface area contributed by atoms with Crippen LogP contribution in [0.5, 0.6) is 0 Å². The predicted molar refractivity (Wildman–Crippen MR) is 379 cm³/mol. The van der Waals surface area contributed by atoms with Gasteiger partial charge in [0.2, 0.25) is 70.9 Å². The van der Waals surface area contributed by atoms with Crippen LogP contribution in [-0.2, 0) is 76.6 Å². The van der Waals surface area contributed by atoms with E-state index < -0.39 is 173 Å². The third-order valence-electron chi connectivity index (χ3n) is 18.1. The Morgan fingerprint density at radius 1 is 0.410 bits per heavy atom. The monoisotopic (exact) mass is 1420 g/mol. The average molecular weight is 1420 g/mol. The first-order chi connectivity index (χ1) is 46.5. The van der Waals surface area contributed by atoms with Crippen LogP contribution in [0.25, 0.3) is 0 Å². The number of amides is 12. The number of likely N-dealkylation sites (N-methyl/N-ethyl adjacent to an activating group) is 5. The third kappa shape index (κ3) is 30.8. The fourth-order valence-corrected chi connectivity index (χ4v) is 11.3. The van der Waals surface area contributed by atoms with E-state index in [1.165, 1.54) is 68.7 Å². The maximum atomic E-state index is 14.5. The van der Waals surface area contributed by atoms with Gasteiger partial charge in [-0.3, -0.25) is 62.3 Å². The molecule has 0 unspecified atom stereocenters. The second kappa shape index (κ2) is 46.1. The number of methoxy groups -OCH3 is 1. The number of carbonyl (C=O) groups excluding carboxylic acids is 13. The molecule has 30 nitrogen and oxygen atoms in total. The Hall–Kier alpha value is -7.50. The zero-order chi connectivity index (χ0) is 77.3. The Morgan fingerprint density at radius 3 is 1.29 bits per heavy atom. The highest BCUT2D eigenvalue weighted by Crippen LogP contribution is 2.22. The van der Waals surface area contributed by atoms with Crippen LogP contribution < -0.4 is 47.9 Å². The second-order valence-electron chi connectivity index (χ2n) is 28.5. The minimum Gasteiger partial charge on any atom is -0.480 e. The van der Waals surface area contributed by atoms with Crippen LogP contribution in [0, 0.1) is 47.3 Å². The fourth-order valence-electron chi connectivity index (χ4n) is 11.3. The molecule has 100 heavy (non-hydrogen) atoms. The molecule has 0 spiro atoms. The summed E-state index contributed by atoms with van der Waals surface area (Å²) in [6, 6.07) is -11.1. The molecule has 12 amide bonds. The lowest BCUT2D eigenvalue weighted by Gasteiger charge is -2.37. The Bertz CT molecular complexity index is 2700. The third-order valence-corrected chi connectivity index (χ3v) is 18.1. The van der Waals surface area contributed by atoms with E-state index >= 15 is 0 Å². The van der Waals surface area contributed by atoms with Crippen molar-refractivity contribution in [2.24, 2.45) is 47.3 Å². The van der Waals surface area contributed by atoms with Crippen LogP contribution in [0.3, 0.4) is 0 Å². The summed E-state index contributed by atoms with van der Waals surface area (Å²) in [4.78, 5) is 196. The molecule has 574 valence electrons. The van der Waals surface area contributed by atoms with Gasteiger partial charge in [0.25, 0.3) is 0 Å². The van der Waals surface area contributed by atoms with Crippen LogP contribution in [0.2, 0.25) is 0 Å². The standard InChI is InChI=1S/C70H127N13O17/c1-25-43(14)56(67(94)82(22)59(42(12)13)68(95)80(20)46(17)61(88)72-31-28-52(85)76-49(69(96)97)35-39(6)7)77-53(86)30-33-74-64(91)60(45(16)27-3)83(23)65(92)48(34-38(4)5)75-51(84)29-32-73-63(90)58(47(18)100-70(98)57(71-19)44(15)26-2)79-62(89)50(36-40(8)9)81(21)66(93)55(41(10)11)78-54(87)37-99-24/h38-50,55-60,71H,25-37H2,1-24H3,(H,72,88)(H,73,90)(H,74,91)(H,75,84)(H,76,85)(H,77,86)(H,78,87)(H,79,89)(H,96,97)/t43-,44-,45-,46-,47+,48+,49+,50+,55-,56+,57+,58-,59-,60-/m0/s1. The van der Waals surface area contributed by atoms with Crippen LogP contribution in [0.15, 0.2) is 0 Å². The lowest BCUT2D eigenvalue weighted by Crippen LogP contribution is -2.61. The number of carboxylic acid groups (broad SMARTS) is 1. The average Bonchev–Trinajstić information content (AvgIpc) is 0.827. The van der Waals surface area contributed by atoms with Crippen molar-refractivity contribution in [1.29, 1.82) is 0 Å². The molecule has 0 aromatic heterocycles. The smallest absolute Gasteiger partial charge is 0.326 e. The quantitative estimate of drug-likeness (QED) is 0.0390. The summed E-state index contributed by atoms with van der Waals surface area (Å²) in [5.74, 6) is -11.5. The second-order valence-corrected chi connectivity index (χ2v) is 28.5. The topological polar surface area (TPSA) is 399 Å². The molecule has 14 atom stereocenters. The summed E-state index contributed by atoms with van der Waals surface area (Å²) in [6.07, 6.45) is -0.155. The van der Waals surface area contributed by atoms with E-state index in [2.05, 4.69) is 47.9 Å². The number of ether oxygens (including phenoxy) is 2. The number of aliphatic carboxylic acids is 1. The van der Waals surface area contributed by atoms with Crippen molar-refractivity contribution in [3.8, 4) is 0 Å². The van der Waals surface area contributed by atoms with Crippen LogP contribution in [-0.4, -0.2) is 243 Å². The van der Waals surface area contributed by atoms with Gasteiger partial charge >= 0.3 is 11.9 Å². The minimum absolute atomic E-state index is 0.00777. The molecule has 0 saturated heterocycles. The van der Waals surface area contributed by atoms with Gasteiger partial charge in [-0.2, -0.15) is 0 Å². The first kappa shape index (κ1) is 92.5. The van der Waals surface area contributed by atoms with Gasteiger partial charge in [-0.15, -0.1) is 0 Å². The molecule has 30 heteroatoms. The lowest BCUT2D eigenvalue weighted by atomic mass is 9.94. The molecule has 0 aliphatic heterocycles. The summed E-state index contributed by atoms with van der Waals surface area (Å²) < 4.78 is 10.8. The number of esters is 1. The van der Waals surface area contributed by atoms with Gasteiger partial charge in [0.1, 0.15) is 73.1 Å². The van der Waals surface area contributed by atoms with E-state index in [4.69, 9.17) is 9.47 Å². The van der Waals surface area contributed by atoms with Gasteiger partial charge in [-0.1, -0.05) is 130 Å². The molecule has 0 rings (SSSR count). The number of carbonyl (C=O) groups is 14. The Kier molecular flexibility index (Phi) is 42.6. The van der Waals surface area contributed by atoms with Gasteiger partial charge < -0.3 is 82.0 Å². The summed E-state index contributed by atoms with van der Waals surface area (Å²) in [5.41, 5.74) is 0. The Labute approximate surface area is 594 Å². The van der Waals surface area contributed by atoms with Gasteiger partial charge in [0, 0.05) is 74.2 Å². The number of hydrogen-bond acceptors (Lipinski definition) is 17. The van der Waals surface area contributed by atoms with Gasteiger partial charge in [0.15, 0.2) is 0 Å². The van der Waals surface area contributed by atoms with Crippen LogP contribution in [0.1, 0.15) is 182 Å². The number of nitrogens with zero attached hydrogens (tertiary/aromatic N) is 4. The van der Waals surface area contributed by atoms with Crippen molar-refractivity contribution in [1.82, 2.24) is 67.5 Å². The zero-order valence-electron chi connectivity index (χ0n) is 64.4. The first-order valence-electron chi connectivity index (χ1n) is 35.5. The first-order valence-corrected chi connectivity index (χ1v) is 35.5. The number of nitrogens with one attached hydrogen (secondary N) is 9. The molecule has 0 radical (unpaired) electrons. The number of rotatable bonds is 47. The van der Waals surface area contributed by atoms with Crippen molar-refractivity contribution in [2.75, 3.05) is 68.6 Å². The molecule has 0 bridgehead atoms. The number of carboxylic acids is 1. The SMILES string of the molecule is CC[C@H](C)[C@@H](C(=O)NCCC(=O)N[C@@H](C(=O)N(C)[C@H](C(=O)N(C)[C@@H](C)C(=O)NCCC(=O)N[C@H](CC(C)C)C(=O)O)C(C)C)[C@@H](C)CC)N(C)C(=O)[C@@H](CC(C)C)NC(=O)CCNC(=O)[C@@H](NC(=O)[C@@H](CC(C)C)N(C)C(=O)[C@@H](NC(=O)COC)C(C)C)[C@@H](C)OC(=O)[C@H](NC)[C@@H](C)CC. The Morgan fingerprint density at radius 2 is 0.840 bits per heavy atom. The van der Waals surface area contributed by atoms with Crippen LogP contribution in [0.4, 0.5) is 0 Å². The molecule has 0 saturated carbocycles. The molecular formula is C70H127N13O17. The molecule has 0 aliphatic rings. The Balaban J connectivity index is 6.51. The molecule has 10 N–H and O–H groups in total. The molecule has 0 heterocycles. The zero-order valence-corrected chi connectivity index (χ0v) is 64.4. The van der Waals surface area contributed by atoms with Gasteiger partial charge in [0.05, 0.1) is 0 Å². The lowest BCUT2D eigenvalue weighted by molar-refractivity contribution is -0.156. The highest BCUT2D eigenvalue weighted by molar-refractivity contribution is 5.97. The fraction of sp³-hybridized carbons (Fsp3) is 0.800. The molecule has 0 aromatic carbocycles. The maximum absolute atomic E-state index is 14.5. The molecular weight excluding hydrogens is 1290 g/mol. The highest BCUT2D eigenvalue weighted by Gasteiger charge is 2.42. The van der Waals surface area contributed by atoms with E-state index in [1.807, 2.05) is 69.2 Å². The number of hydrogen-bond donors (Lipinski definition) is 10. The van der Waals surface area contributed by atoms with Crippen molar-refractivity contribution in [2.45, 2.75) is 249 Å². The van der Waals surface area contributed by atoms with E-state index in [0.29, 0.717) is 19.3 Å². The summed E-state index contributed by atoms with van der Waals surface area (Å²) in [6.45, 7) is 30.9. The van der Waals surface area contributed by atoms with Crippen molar-refractivity contribution >= 4 is 82.8 Å². The molecule has 0 fully saturated rings. The molecule has 0 aliphatic carbocycles. The van der Waals surface area contributed by atoms with Crippen LogP contribution >= 0.6 is 0 Å². The predicted octanol–water partition coefficient (Wildman–Crippen LogP) is 2.10. The van der Waals surface area contributed by atoms with E-state index in [0.717, 1.165) is 0 Å². The van der Waals surface area contributed by atoms with Crippen molar-refractivity contribution < 1.29 is 81.7 Å². The van der Waals surface area contributed by atoms with E-state index in [-0.39, 0.29) is 88.4 Å². The summed E-state index contributed by atoms with van der Waals surface area (Å²) in [5, 5.41) is 33.9. The maximum Gasteiger partial charge on any atom is 0.326 e. The summed E-state index contributed by atoms with van der Waals surface area (Å²) in [7, 11) is 8.64. The van der Waals surface area contributed by atoms with E-state index in [1.54, 1.807) is 48.6 Å². The largest absolute Gasteiger partial charge is 0.480 e. The van der Waals surface area contributed by atoms with E-state index in [9.17, 15) is 72.2 Å². The van der Waals surface area contributed by atoms with Gasteiger partial charge in [-0.05, 0) is 87.5 Å². The van der Waals surface area contributed by atoms with Crippen molar-refractivity contribution in [3.63, 3.8) is 0 Å². The highest BCUT2D eigenvalue weighted by atomic mass is 16.5. The van der Waals surface area contributed by atoms with Crippen molar-refractivity contribution in [3.05, 3.63) is 0 Å².